The van der Waals surface area contributed by atoms with Gasteiger partial charge in [-0.3, -0.25) is 0 Å². The van der Waals surface area contributed by atoms with Gasteiger partial charge in [0.2, 0.25) is 0 Å². The lowest BCUT2D eigenvalue weighted by Gasteiger charge is -2.10. The standard InChI is InChI=1S/C8H10BrNO2/c9-6-3-1-2-5(8(6)12)7(10)4-11/h1-3,7,11-12H,4,10H2/t7-/m0/s1. The van der Waals surface area contributed by atoms with Gasteiger partial charge in [0.1, 0.15) is 5.75 Å². The molecule has 0 spiro atoms. The molecule has 1 atom stereocenters. The Morgan fingerprint density at radius 1 is 1.50 bits per heavy atom. The van der Waals surface area contributed by atoms with Crippen molar-refractivity contribution in [1.82, 2.24) is 0 Å². The van der Waals surface area contributed by atoms with E-state index in [1.54, 1.807) is 18.2 Å². The summed E-state index contributed by atoms with van der Waals surface area (Å²) in [5.41, 5.74) is 6.08. The normalized spacial score (nSPS) is 12.9. The number of benzene rings is 1. The van der Waals surface area contributed by atoms with E-state index in [0.717, 1.165) is 0 Å². The third kappa shape index (κ3) is 1.77. The van der Waals surface area contributed by atoms with E-state index in [-0.39, 0.29) is 12.4 Å². The van der Waals surface area contributed by atoms with Crippen LogP contribution >= 0.6 is 15.9 Å². The van der Waals surface area contributed by atoms with Crippen LogP contribution in [0.3, 0.4) is 0 Å². The Morgan fingerprint density at radius 2 is 2.17 bits per heavy atom. The van der Waals surface area contributed by atoms with Gasteiger partial charge in [-0.1, -0.05) is 12.1 Å². The van der Waals surface area contributed by atoms with Crippen molar-refractivity contribution in [2.75, 3.05) is 6.61 Å². The highest BCUT2D eigenvalue weighted by atomic mass is 79.9. The first kappa shape index (κ1) is 9.51. The first-order valence-corrected chi connectivity index (χ1v) is 4.30. The summed E-state index contributed by atoms with van der Waals surface area (Å²) in [5, 5.41) is 18.2. The zero-order valence-electron chi connectivity index (χ0n) is 6.37. The van der Waals surface area contributed by atoms with E-state index in [2.05, 4.69) is 15.9 Å². The number of aromatic hydroxyl groups is 1. The molecular weight excluding hydrogens is 222 g/mol. The van der Waals surface area contributed by atoms with Crippen molar-refractivity contribution >= 4 is 15.9 Å². The third-order valence-corrected chi connectivity index (χ3v) is 2.25. The summed E-state index contributed by atoms with van der Waals surface area (Å²) in [4.78, 5) is 0. The van der Waals surface area contributed by atoms with Crippen molar-refractivity contribution in [3.8, 4) is 5.75 Å². The summed E-state index contributed by atoms with van der Waals surface area (Å²) < 4.78 is 0.587. The molecule has 0 radical (unpaired) electrons. The minimum atomic E-state index is -0.525. The Hall–Kier alpha value is -0.580. The fourth-order valence-electron chi connectivity index (χ4n) is 0.930. The van der Waals surface area contributed by atoms with Gasteiger partial charge in [-0.15, -0.1) is 0 Å². The van der Waals surface area contributed by atoms with Gasteiger partial charge in [0.05, 0.1) is 17.1 Å². The summed E-state index contributed by atoms with van der Waals surface area (Å²) in [7, 11) is 0. The Bertz CT molecular complexity index is 278. The van der Waals surface area contributed by atoms with Gasteiger partial charge in [0.15, 0.2) is 0 Å². The summed E-state index contributed by atoms with van der Waals surface area (Å²) in [6, 6.07) is 4.63. The number of phenols is 1. The SMILES string of the molecule is N[C@@H](CO)c1cccc(Br)c1O. The molecule has 0 saturated heterocycles. The molecule has 0 bridgehead atoms. The Labute approximate surface area is 79.0 Å². The summed E-state index contributed by atoms with van der Waals surface area (Å²) in [6.07, 6.45) is 0. The molecule has 4 N–H and O–H groups in total. The highest BCUT2D eigenvalue weighted by Crippen LogP contribution is 2.30. The number of nitrogens with two attached hydrogens (primary N) is 1. The molecule has 0 aliphatic heterocycles. The second-order valence-electron chi connectivity index (χ2n) is 2.47. The number of rotatable bonds is 2. The maximum absolute atomic E-state index is 9.46. The molecule has 0 aliphatic rings. The Balaban J connectivity index is 3.07. The molecule has 0 saturated carbocycles. The number of phenolic OH excluding ortho intramolecular Hbond substituents is 1. The minimum absolute atomic E-state index is 0.0963. The zero-order chi connectivity index (χ0) is 9.14. The van der Waals surface area contributed by atoms with Gasteiger partial charge >= 0.3 is 0 Å². The van der Waals surface area contributed by atoms with Gasteiger partial charge < -0.3 is 15.9 Å². The van der Waals surface area contributed by atoms with E-state index in [0.29, 0.717) is 10.0 Å². The fraction of sp³-hybridized carbons (Fsp3) is 0.250. The maximum Gasteiger partial charge on any atom is 0.134 e. The molecule has 0 aliphatic carbocycles. The molecule has 0 amide bonds. The first-order valence-electron chi connectivity index (χ1n) is 3.50. The lowest BCUT2D eigenvalue weighted by Crippen LogP contribution is -2.14. The number of aliphatic hydroxyl groups is 1. The number of hydrogen-bond acceptors (Lipinski definition) is 3. The zero-order valence-corrected chi connectivity index (χ0v) is 7.95. The predicted molar refractivity (Wildman–Crippen MR) is 49.8 cm³/mol. The quantitative estimate of drug-likeness (QED) is 0.716. The smallest absolute Gasteiger partial charge is 0.134 e. The Kier molecular flexibility index (Phi) is 3.08. The van der Waals surface area contributed by atoms with Crippen LogP contribution in [0.25, 0.3) is 0 Å². The lowest BCUT2D eigenvalue weighted by atomic mass is 10.1. The van der Waals surface area contributed by atoms with Crippen LogP contribution in [-0.2, 0) is 0 Å². The van der Waals surface area contributed by atoms with Crippen molar-refractivity contribution in [1.29, 1.82) is 0 Å². The van der Waals surface area contributed by atoms with E-state index in [1.807, 2.05) is 0 Å². The van der Waals surface area contributed by atoms with Crippen molar-refractivity contribution in [3.05, 3.63) is 28.2 Å². The summed E-state index contributed by atoms with van der Waals surface area (Å²) in [6.45, 7) is -0.177. The second-order valence-corrected chi connectivity index (χ2v) is 3.32. The van der Waals surface area contributed by atoms with Crippen molar-refractivity contribution < 1.29 is 10.2 Å². The topological polar surface area (TPSA) is 66.5 Å². The average molecular weight is 232 g/mol. The van der Waals surface area contributed by atoms with E-state index >= 15 is 0 Å². The van der Waals surface area contributed by atoms with Gasteiger partial charge in [0, 0.05) is 5.56 Å². The molecule has 1 aromatic rings. The van der Waals surface area contributed by atoms with Gasteiger partial charge in [-0.2, -0.15) is 0 Å². The molecule has 3 nitrogen and oxygen atoms in total. The van der Waals surface area contributed by atoms with Crippen LogP contribution in [-0.4, -0.2) is 16.8 Å². The number of aliphatic hydroxyl groups excluding tert-OH is 1. The van der Waals surface area contributed by atoms with Gasteiger partial charge in [-0.05, 0) is 22.0 Å². The highest BCUT2D eigenvalue weighted by molar-refractivity contribution is 9.10. The first-order chi connectivity index (χ1) is 5.66. The predicted octanol–water partition coefficient (Wildman–Crippen LogP) is 1.15. The Morgan fingerprint density at radius 3 is 2.75 bits per heavy atom. The van der Waals surface area contributed by atoms with Crippen LogP contribution < -0.4 is 5.73 Å². The fourth-order valence-corrected chi connectivity index (χ4v) is 1.31. The molecule has 0 unspecified atom stereocenters. The summed E-state index contributed by atoms with van der Waals surface area (Å²) >= 11 is 3.16. The van der Waals surface area contributed by atoms with Crippen LogP contribution in [0.15, 0.2) is 22.7 Å². The van der Waals surface area contributed by atoms with Crippen LogP contribution in [0.5, 0.6) is 5.75 Å². The van der Waals surface area contributed by atoms with E-state index < -0.39 is 6.04 Å². The average Bonchev–Trinajstić information content (AvgIpc) is 2.08. The molecule has 0 heterocycles. The van der Waals surface area contributed by atoms with Crippen molar-refractivity contribution in [2.45, 2.75) is 6.04 Å². The number of halogens is 1. The molecule has 1 rings (SSSR count). The summed E-state index contributed by atoms with van der Waals surface area (Å²) in [5.74, 6) is 0.0963. The van der Waals surface area contributed by atoms with Crippen molar-refractivity contribution in [2.24, 2.45) is 5.73 Å². The van der Waals surface area contributed by atoms with Crippen LogP contribution in [0.4, 0.5) is 0 Å². The largest absolute Gasteiger partial charge is 0.506 e. The molecule has 4 heteroatoms. The van der Waals surface area contributed by atoms with Gasteiger partial charge in [0.25, 0.3) is 0 Å². The third-order valence-electron chi connectivity index (χ3n) is 1.61. The van der Waals surface area contributed by atoms with Crippen LogP contribution in [0, 0.1) is 0 Å². The van der Waals surface area contributed by atoms with E-state index in [4.69, 9.17) is 10.8 Å². The molecule has 66 valence electrons. The van der Waals surface area contributed by atoms with Crippen LogP contribution in [0.1, 0.15) is 11.6 Å². The van der Waals surface area contributed by atoms with Gasteiger partial charge in [-0.25, -0.2) is 0 Å². The minimum Gasteiger partial charge on any atom is -0.506 e. The maximum atomic E-state index is 9.46. The highest BCUT2D eigenvalue weighted by Gasteiger charge is 2.10. The number of para-hydroxylation sites is 1. The van der Waals surface area contributed by atoms with E-state index in [1.165, 1.54) is 0 Å². The van der Waals surface area contributed by atoms with E-state index in [9.17, 15) is 5.11 Å². The molecule has 0 fully saturated rings. The molecular formula is C8H10BrNO2. The lowest BCUT2D eigenvalue weighted by molar-refractivity contribution is 0.265. The monoisotopic (exact) mass is 231 g/mol. The van der Waals surface area contributed by atoms with Crippen LogP contribution in [0.2, 0.25) is 0 Å². The second kappa shape index (κ2) is 3.89. The van der Waals surface area contributed by atoms with Crippen molar-refractivity contribution in [3.63, 3.8) is 0 Å². The molecule has 1 aromatic carbocycles. The molecule has 0 aromatic heterocycles. The molecule has 12 heavy (non-hydrogen) atoms. The number of hydrogen-bond donors (Lipinski definition) is 3.